The van der Waals surface area contributed by atoms with E-state index in [9.17, 15) is 21.6 Å². The van der Waals surface area contributed by atoms with E-state index in [1.54, 1.807) is 0 Å². The summed E-state index contributed by atoms with van der Waals surface area (Å²) in [5, 5.41) is 2.92. The normalized spacial score (nSPS) is 28.7. The molecule has 0 spiro atoms. The second-order valence-corrected chi connectivity index (χ2v) is 9.51. The van der Waals surface area contributed by atoms with Gasteiger partial charge in [0.05, 0.1) is 0 Å². The van der Waals surface area contributed by atoms with Crippen molar-refractivity contribution in [1.82, 2.24) is 19.0 Å². The van der Waals surface area contributed by atoms with Crippen LogP contribution in [0.2, 0.25) is 0 Å². The van der Waals surface area contributed by atoms with Crippen LogP contribution in [0.3, 0.4) is 0 Å². The van der Waals surface area contributed by atoms with Crippen LogP contribution in [-0.2, 0) is 28.0 Å². The molecule has 0 bridgehead atoms. The van der Waals surface area contributed by atoms with Crippen LogP contribution in [-0.4, -0.2) is 72.8 Å². The smallest absolute Gasteiger partial charge is 0.381 e. The van der Waals surface area contributed by atoms with Gasteiger partial charge >= 0.3 is 6.18 Å². The van der Waals surface area contributed by atoms with Crippen LogP contribution < -0.4 is 0 Å². The summed E-state index contributed by atoms with van der Waals surface area (Å²) in [5.74, 6) is 0.441. The lowest BCUT2D eigenvalue weighted by molar-refractivity contribution is -0.141. The zero-order chi connectivity index (χ0) is 19.4. The van der Waals surface area contributed by atoms with Crippen LogP contribution in [0.5, 0.6) is 0 Å². The van der Waals surface area contributed by atoms with Gasteiger partial charge in [0.25, 0.3) is 10.0 Å². The Kier molecular flexibility index (Phi) is 4.76. The van der Waals surface area contributed by atoms with E-state index in [0.29, 0.717) is 25.2 Å². The lowest BCUT2D eigenvalue weighted by Crippen LogP contribution is -2.40. The van der Waals surface area contributed by atoms with E-state index in [0.717, 1.165) is 43.8 Å². The first-order chi connectivity index (χ1) is 12.7. The highest BCUT2D eigenvalue weighted by Gasteiger charge is 2.47. The third-order valence-corrected chi connectivity index (χ3v) is 7.81. The average Bonchev–Trinajstić information content (AvgIpc) is 3.27. The molecule has 0 aromatic carbocycles. The topological polar surface area (TPSA) is 67.7 Å². The van der Waals surface area contributed by atoms with E-state index in [2.05, 4.69) is 10.00 Å². The SMILES string of the molecule is Cn1nc(C(F)(F)F)cc1S(=O)(=O)N1C[C@H]2CN(C3CCOCC3)C[C@H]2C1. The number of ether oxygens (including phenoxy) is 1. The van der Waals surface area contributed by atoms with Gasteiger partial charge in [-0.1, -0.05) is 0 Å². The maximum Gasteiger partial charge on any atom is 0.435 e. The van der Waals surface area contributed by atoms with Crippen molar-refractivity contribution in [2.45, 2.75) is 30.1 Å². The maximum atomic E-state index is 12.9. The molecule has 3 fully saturated rings. The number of hydrogen-bond donors (Lipinski definition) is 0. The first-order valence-corrected chi connectivity index (χ1v) is 10.5. The molecule has 1 aromatic rings. The molecule has 3 aliphatic heterocycles. The zero-order valence-corrected chi connectivity index (χ0v) is 15.8. The Bertz CT molecular complexity index is 790. The molecule has 0 radical (unpaired) electrons. The largest absolute Gasteiger partial charge is 0.435 e. The summed E-state index contributed by atoms with van der Waals surface area (Å²) in [6.07, 6.45) is -2.68. The van der Waals surface area contributed by atoms with Gasteiger partial charge in [0.2, 0.25) is 0 Å². The molecule has 7 nitrogen and oxygen atoms in total. The second kappa shape index (κ2) is 6.71. The number of sulfonamides is 1. The van der Waals surface area contributed by atoms with Crippen molar-refractivity contribution in [3.05, 3.63) is 11.8 Å². The number of nitrogens with zero attached hydrogens (tertiary/aromatic N) is 4. The Morgan fingerprint density at radius 1 is 1.11 bits per heavy atom. The second-order valence-electron chi connectivity index (χ2n) is 7.63. The van der Waals surface area contributed by atoms with Crippen LogP contribution >= 0.6 is 0 Å². The standard InChI is InChI=1S/C16H23F3N4O3S/c1-21-15(6-14(20-21)16(17,18)19)27(24,25)23-9-11-7-22(8-12(11)10-23)13-2-4-26-5-3-13/h6,11-13H,2-5,7-10H2,1H3/t11-,12+. The zero-order valence-electron chi connectivity index (χ0n) is 15.0. The summed E-state index contributed by atoms with van der Waals surface area (Å²) in [7, 11) is -2.77. The summed E-state index contributed by atoms with van der Waals surface area (Å²) in [4.78, 5) is 2.42. The number of rotatable bonds is 3. The van der Waals surface area contributed by atoms with Gasteiger partial charge in [0.1, 0.15) is 0 Å². The molecule has 4 rings (SSSR count). The highest BCUT2D eigenvalue weighted by Crippen LogP contribution is 2.37. The third-order valence-electron chi connectivity index (χ3n) is 5.92. The molecule has 0 amide bonds. The van der Waals surface area contributed by atoms with Gasteiger partial charge in [0, 0.05) is 58.5 Å². The first-order valence-electron chi connectivity index (χ1n) is 9.09. The molecule has 11 heteroatoms. The quantitative estimate of drug-likeness (QED) is 0.751. The number of halogens is 3. The fourth-order valence-electron chi connectivity index (χ4n) is 4.49. The van der Waals surface area contributed by atoms with E-state index in [4.69, 9.17) is 4.74 Å². The van der Waals surface area contributed by atoms with Gasteiger partial charge in [-0.05, 0) is 24.7 Å². The fraction of sp³-hybridized carbons (Fsp3) is 0.812. The van der Waals surface area contributed by atoms with Crippen molar-refractivity contribution in [3.8, 4) is 0 Å². The van der Waals surface area contributed by atoms with Crippen molar-refractivity contribution in [2.24, 2.45) is 18.9 Å². The van der Waals surface area contributed by atoms with Gasteiger partial charge in [0.15, 0.2) is 10.7 Å². The number of alkyl halides is 3. The van der Waals surface area contributed by atoms with Crippen LogP contribution in [0.25, 0.3) is 0 Å². The van der Waals surface area contributed by atoms with E-state index in [1.807, 2.05) is 0 Å². The highest BCUT2D eigenvalue weighted by molar-refractivity contribution is 7.89. The Balaban J connectivity index is 1.46. The summed E-state index contributed by atoms with van der Waals surface area (Å²) >= 11 is 0. The summed E-state index contributed by atoms with van der Waals surface area (Å²) in [6.45, 7) is 3.89. The summed E-state index contributed by atoms with van der Waals surface area (Å²) in [5.41, 5.74) is -1.19. The van der Waals surface area contributed by atoms with Crippen molar-refractivity contribution in [2.75, 3.05) is 39.4 Å². The van der Waals surface area contributed by atoms with Gasteiger partial charge in [-0.25, -0.2) is 8.42 Å². The lowest BCUT2D eigenvalue weighted by atomic mass is 10.0. The van der Waals surface area contributed by atoms with E-state index in [1.165, 1.54) is 11.4 Å². The number of fused-ring (bicyclic) bond motifs is 1. The molecule has 1 aromatic heterocycles. The molecular weight excluding hydrogens is 385 g/mol. The molecular formula is C16H23F3N4O3S. The van der Waals surface area contributed by atoms with Gasteiger partial charge in [-0.3, -0.25) is 9.58 Å². The van der Waals surface area contributed by atoms with E-state index >= 15 is 0 Å². The van der Waals surface area contributed by atoms with Crippen LogP contribution in [0.1, 0.15) is 18.5 Å². The minimum Gasteiger partial charge on any atom is -0.381 e. The molecule has 2 atom stereocenters. The van der Waals surface area contributed by atoms with E-state index in [-0.39, 0.29) is 11.8 Å². The van der Waals surface area contributed by atoms with Gasteiger partial charge < -0.3 is 4.74 Å². The number of aromatic nitrogens is 2. The Morgan fingerprint density at radius 3 is 2.22 bits per heavy atom. The molecule has 4 heterocycles. The molecule has 3 aliphatic rings. The molecule has 0 unspecified atom stereocenters. The van der Waals surface area contributed by atoms with E-state index < -0.39 is 26.9 Å². The Morgan fingerprint density at radius 2 is 1.70 bits per heavy atom. The first kappa shape index (κ1) is 19.2. The van der Waals surface area contributed by atoms with Gasteiger partial charge in [-0.2, -0.15) is 22.6 Å². The number of likely N-dealkylation sites (tertiary alicyclic amines) is 1. The van der Waals surface area contributed by atoms with Crippen molar-refractivity contribution < 1.29 is 26.3 Å². The van der Waals surface area contributed by atoms with Crippen LogP contribution in [0.15, 0.2) is 11.1 Å². The average molecular weight is 408 g/mol. The molecule has 0 saturated carbocycles. The van der Waals surface area contributed by atoms with Crippen molar-refractivity contribution in [1.29, 1.82) is 0 Å². The monoisotopic (exact) mass is 408 g/mol. The highest BCUT2D eigenvalue weighted by atomic mass is 32.2. The fourth-order valence-corrected chi connectivity index (χ4v) is 6.17. The molecule has 27 heavy (non-hydrogen) atoms. The van der Waals surface area contributed by atoms with Crippen molar-refractivity contribution in [3.63, 3.8) is 0 Å². The number of aryl methyl sites for hydroxylation is 1. The Labute approximate surface area is 156 Å². The summed E-state index contributed by atoms with van der Waals surface area (Å²) in [6, 6.07) is 1.11. The Hall–Kier alpha value is -1.17. The summed E-state index contributed by atoms with van der Waals surface area (Å²) < 4.78 is 71.8. The predicted octanol–water partition coefficient (Wildman–Crippen LogP) is 1.17. The van der Waals surface area contributed by atoms with Crippen LogP contribution in [0, 0.1) is 11.8 Å². The van der Waals surface area contributed by atoms with Crippen molar-refractivity contribution >= 4 is 10.0 Å². The van der Waals surface area contributed by atoms with Gasteiger partial charge in [-0.15, -0.1) is 0 Å². The predicted molar refractivity (Wildman–Crippen MR) is 89.4 cm³/mol. The number of hydrogen-bond acceptors (Lipinski definition) is 5. The molecule has 152 valence electrons. The van der Waals surface area contributed by atoms with Crippen LogP contribution in [0.4, 0.5) is 13.2 Å². The molecule has 0 N–H and O–H groups in total. The minimum atomic E-state index is -4.67. The molecule has 0 aliphatic carbocycles. The molecule has 3 saturated heterocycles. The lowest BCUT2D eigenvalue weighted by Gasteiger charge is -2.32. The maximum absolute atomic E-state index is 12.9. The minimum absolute atomic E-state index is 0.220. The third kappa shape index (κ3) is 3.50.